The molecule has 3 aromatic rings. The van der Waals surface area contributed by atoms with Crippen LogP contribution < -0.4 is 20.7 Å². The predicted octanol–water partition coefficient (Wildman–Crippen LogP) is 2.70. The van der Waals surface area contributed by atoms with Crippen LogP contribution in [0.1, 0.15) is 33.1 Å². The highest BCUT2D eigenvalue weighted by Gasteiger charge is 2.30. The van der Waals surface area contributed by atoms with Crippen molar-refractivity contribution in [3.05, 3.63) is 47.9 Å². The summed E-state index contributed by atoms with van der Waals surface area (Å²) >= 11 is 0. The second-order valence-corrected chi connectivity index (χ2v) is 7.24. The van der Waals surface area contributed by atoms with Crippen LogP contribution in [0.5, 0.6) is 5.75 Å². The van der Waals surface area contributed by atoms with E-state index in [2.05, 4.69) is 30.8 Å². The van der Waals surface area contributed by atoms with Crippen LogP contribution in [-0.2, 0) is 4.79 Å². The first-order valence-electron chi connectivity index (χ1n) is 11.4. The van der Waals surface area contributed by atoms with Gasteiger partial charge in [0.25, 0.3) is 5.91 Å². The molecule has 1 aliphatic rings. The molecule has 0 aliphatic heterocycles. The highest BCUT2D eigenvalue weighted by atomic mass is 16.5. The van der Waals surface area contributed by atoms with Gasteiger partial charge in [-0.05, 0) is 38.0 Å². The van der Waals surface area contributed by atoms with Crippen LogP contribution in [0.15, 0.2) is 36.5 Å². The average molecular weight is 436 g/mol. The largest absolute Gasteiger partial charge is 0.494 e. The number of hydrogen-bond acceptors (Lipinski definition) is 8. The van der Waals surface area contributed by atoms with Gasteiger partial charge in [0, 0.05) is 35.0 Å². The van der Waals surface area contributed by atoms with Gasteiger partial charge in [-0.15, -0.1) is 10.2 Å². The Balaban J connectivity index is 1.73. The quantitative estimate of drug-likeness (QED) is 0.515. The van der Waals surface area contributed by atoms with Gasteiger partial charge in [-0.25, -0.2) is 9.97 Å². The van der Waals surface area contributed by atoms with Crippen LogP contribution >= 0.6 is 0 Å². The Kier molecular flexibility index (Phi) is 4.93. The van der Waals surface area contributed by atoms with Crippen LogP contribution in [0.3, 0.4) is 0 Å². The minimum absolute atomic E-state index is 0.0714. The van der Waals surface area contributed by atoms with Crippen molar-refractivity contribution in [2.75, 3.05) is 24.7 Å². The molecule has 1 aliphatic carbocycles. The molecule has 4 rings (SSSR count). The molecule has 0 bridgehead atoms. The zero-order valence-electron chi connectivity index (χ0n) is 20.5. The molecular weight excluding hydrogens is 410 g/mol. The van der Waals surface area contributed by atoms with E-state index in [1.54, 1.807) is 30.5 Å². The third-order valence-corrected chi connectivity index (χ3v) is 4.85. The van der Waals surface area contributed by atoms with E-state index < -0.39 is 12.9 Å². The molecular formula is C22H23N7O3. The van der Waals surface area contributed by atoms with Crippen molar-refractivity contribution in [2.45, 2.75) is 19.8 Å². The normalized spacial score (nSPS) is 14.5. The molecule has 1 aromatic carbocycles. The number of carbonyl (C=O) groups excluding carboxylic acids is 2. The first-order chi connectivity index (χ1) is 16.6. The fourth-order valence-electron chi connectivity index (χ4n) is 3.10. The summed E-state index contributed by atoms with van der Waals surface area (Å²) in [6.45, 7) is -0.884. The summed E-state index contributed by atoms with van der Waals surface area (Å²) < 4.78 is 27.6. The van der Waals surface area contributed by atoms with Crippen LogP contribution in [-0.4, -0.2) is 46.1 Å². The van der Waals surface area contributed by atoms with Crippen LogP contribution in [0.25, 0.3) is 11.4 Å². The Morgan fingerprint density at radius 2 is 2.03 bits per heavy atom. The number of nitrogens with one attached hydrogen (secondary N) is 3. The summed E-state index contributed by atoms with van der Waals surface area (Å²) in [6, 6.07) is 8.42. The van der Waals surface area contributed by atoms with Crippen molar-refractivity contribution in [1.82, 2.24) is 25.5 Å². The van der Waals surface area contributed by atoms with Gasteiger partial charge in [-0.1, -0.05) is 6.07 Å². The Labute approximate surface area is 189 Å². The van der Waals surface area contributed by atoms with E-state index in [1.165, 1.54) is 13.2 Å². The summed E-state index contributed by atoms with van der Waals surface area (Å²) in [6.07, 6.45) is 3.24. The van der Waals surface area contributed by atoms with Gasteiger partial charge in [0.15, 0.2) is 23.1 Å². The van der Waals surface area contributed by atoms with E-state index in [4.69, 9.17) is 8.85 Å². The van der Waals surface area contributed by atoms with Crippen molar-refractivity contribution < 1.29 is 18.4 Å². The van der Waals surface area contributed by atoms with E-state index in [1.807, 2.05) is 12.2 Å². The van der Waals surface area contributed by atoms with E-state index in [9.17, 15) is 9.59 Å². The highest BCUT2D eigenvalue weighted by molar-refractivity contribution is 6.00. The number of hydrogen-bond donors (Lipinski definition) is 3. The number of carbonyl (C=O) groups is 2. The van der Waals surface area contributed by atoms with E-state index >= 15 is 0 Å². The van der Waals surface area contributed by atoms with E-state index in [-0.39, 0.29) is 29.0 Å². The molecule has 1 fully saturated rings. The second-order valence-electron chi connectivity index (χ2n) is 7.24. The SMILES string of the molecule is [2H]C([2H])([2H])NC(=O)c1nnc(NC(=O)C2CC2)cc1Nc1cccc(-c2nccc(C)n2)c1OC. The third-order valence-electron chi connectivity index (χ3n) is 4.85. The molecule has 2 amide bonds. The maximum Gasteiger partial charge on any atom is 0.273 e. The Hall–Kier alpha value is -4.08. The number of aromatic nitrogens is 4. The maximum atomic E-state index is 12.7. The average Bonchev–Trinajstić information content (AvgIpc) is 3.63. The van der Waals surface area contributed by atoms with Gasteiger partial charge < -0.3 is 20.7 Å². The van der Waals surface area contributed by atoms with Gasteiger partial charge in [-0.3, -0.25) is 9.59 Å². The lowest BCUT2D eigenvalue weighted by Crippen LogP contribution is -2.22. The maximum absolute atomic E-state index is 12.7. The summed E-state index contributed by atoms with van der Waals surface area (Å²) in [5.74, 6) is -0.278. The van der Waals surface area contributed by atoms with Crippen LogP contribution in [0.2, 0.25) is 0 Å². The summed E-state index contributed by atoms with van der Waals surface area (Å²) in [7, 11) is 1.48. The molecule has 32 heavy (non-hydrogen) atoms. The lowest BCUT2D eigenvalue weighted by molar-refractivity contribution is -0.117. The molecule has 10 heteroatoms. The minimum atomic E-state index is -2.73. The molecule has 1 saturated carbocycles. The van der Waals surface area contributed by atoms with Crippen LogP contribution in [0.4, 0.5) is 17.2 Å². The molecule has 164 valence electrons. The summed E-state index contributed by atoms with van der Waals surface area (Å²) in [5, 5.41) is 15.4. The van der Waals surface area contributed by atoms with Crippen molar-refractivity contribution >= 4 is 29.0 Å². The van der Waals surface area contributed by atoms with E-state index in [0.29, 0.717) is 22.8 Å². The van der Waals surface area contributed by atoms with Crippen LogP contribution in [0, 0.1) is 12.8 Å². The monoisotopic (exact) mass is 436 g/mol. The minimum Gasteiger partial charge on any atom is -0.494 e. The number of ether oxygens (including phenoxy) is 1. The smallest absolute Gasteiger partial charge is 0.273 e. The molecule has 0 radical (unpaired) electrons. The molecule has 2 heterocycles. The number of aryl methyl sites for hydroxylation is 1. The number of rotatable bonds is 7. The molecule has 0 spiro atoms. The first kappa shape index (κ1) is 17.6. The van der Waals surface area contributed by atoms with Crippen molar-refractivity contribution in [3.63, 3.8) is 0 Å². The Bertz CT molecular complexity index is 1280. The lowest BCUT2D eigenvalue weighted by atomic mass is 10.1. The summed E-state index contributed by atoms with van der Waals surface area (Å²) in [4.78, 5) is 33.6. The molecule has 2 aromatic heterocycles. The number of methoxy groups -OCH3 is 1. The fourth-order valence-corrected chi connectivity index (χ4v) is 3.10. The third kappa shape index (κ3) is 4.48. The molecule has 0 atom stereocenters. The molecule has 0 saturated heterocycles. The lowest BCUT2D eigenvalue weighted by Gasteiger charge is -2.16. The number of nitrogens with zero attached hydrogens (tertiary/aromatic N) is 4. The molecule has 10 nitrogen and oxygen atoms in total. The number of amides is 2. The Morgan fingerprint density at radius 1 is 1.19 bits per heavy atom. The number of anilines is 3. The van der Waals surface area contributed by atoms with Gasteiger partial charge in [0.2, 0.25) is 5.91 Å². The van der Waals surface area contributed by atoms with E-state index in [0.717, 1.165) is 18.5 Å². The fraction of sp³-hybridized carbons (Fsp3) is 0.273. The second kappa shape index (κ2) is 8.96. The number of para-hydroxylation sites is 1. The summed E-state index contributed by atoms with van der Waals surface area (Å²) in [5.41, 5.74) is 1.65. The van der Waals surface area contributed by atoms with Crippen molar-refractivity contribution in [3.8, 4) is 17.1 Å². The topological polar surface area (TPSA) is 131 Å². The zero-order valence-corrected chi connectivity index (χ0v) is 17.5. The van der Waals surface area contributed by atoms with Crippen molar-refractivity contribution in [2.24, 2.45) is 5.92 Å². The zero-order chi connectivity index (χ0) is 25.2. The Morgan fingerprint density at radius 3 is 2.75 bits per heavy atom. The predicted molar refractivity (Wildman–Crippen MR) is 119 cm³/mol. The first-order valence-corrected chi connectivity index (χ1v) is 9.90. The molecule has 3 N–H and O–H groups in total. The van der Waals surface area contributed by atoms with Gasteiger partial charge >= 0.3 is 0 Å². The standard InChI is InChI=1S/C22H23N7O3/c1-12-9-10-24-20(25-12)14-5-4-6-15(19(14)32-3)26-16-11-17(27-21(30)13-7-8-13)28-29-18(16)22(31)23-2/h4-6,9-11,13H,7-8H2,1-3H3,(H,23,31)(H2,26,27,28,30)/i2D3. The number of benzene rings is 1. The van der Waals surface area contributed by atoms with Gasteiger partial charge in [0.1, 0.15) is 0 Å². The highest BCUT2D eigenvalue weighted by Crippen LogP contribution is 2.37. The molecule has 0 unspecified atom stereocenters. The van der Waals surface area contributed by atoms with Crippen molar-refractivity contribution in [1.29, 1.82) is 0 Å². The van der Waals surface area contributed by atoms with Gasteiger partial charge in [-0.2, -0.15) is 0 Å². The van der Waals surface area contributed by atoms with Gasteiger partial charge in [0.05, 0.1) is 24.0 Å².